The van der Waals surface area contributed by atoms with Gasteiger partial charge in [-0.2, -0.15) is 0 Å². The van der Waals surface area contributed by atoms with Crippen LogP contribution in [0.4, 0.5) is 0 Å². The predicted octanol–water partition coefficient (Wildman–Crippen LogP) is 0.935. The Morgan fingerprint density at radius 3 is 2.57 bits per heavy atom. The quantitative estimate of drug-likeness (QED) is 0.505. The Hall–Kier alpha value is -0.520. The van der Waals surface area contributed by atoms with Crippen LogP contribution in [0.25, 0.3) is 0 Å². The summed E-state index contributed by atoms with van der Waals surface area (Å²) in [5.41, 5.74) is 2.68. The number of likely N-dealkylation sites (N-methyl/N-ethyl adjacent to an activating group) is 1. The van der Waals surface area contributed by atoms with Gasteiger partial charge in [-0.1, -0.05) is 6.58 Å². The van der Waals surface area contributed by atoms with Crippen LogP contribution in [0.3, 0.4) is 0 Å². The van der Waals surface area contributed by atoms with Crippen LogP contribution in [0.2, 0.25) is 0 Å². The maximum Gasteiger partial charge on any atom is 0.0293 e. The van der Waals surface area contributed by atoms with Gasteiger partial charge in [0.1, 0.15) is 0 Å². The SMILES string of the molecule is C=C=CC(C)NC. The van der Waals surface area contributed by atoms with E-state index in [2.05, 4.69) is 17.6 Å². The van der Waals surface area contributed by atoms with Gasteiger partial charge in [0.15, 0.2) is 0 Å². The molecule has 0 amide bonds. The third-order valence-electron chi connectivity index (χ3n) is 0.823. The first-order chi connectivity index (χ1) is 3.31. The molecule has 1 unspecified atom stereocenters. The molecule has 1 nitrogen and oxygen atoms in total. The Morgan fingerprint density at radius 2 is 2.43 bits per heavy atom. The van der Waals surface area contributed by atoms with E-state index in [1.807, 2.05) is 20.0 Å². The molecule has 0 saturated carbocycles. The van der Waals surface area contributed by atoms with E-state index < -0.39 is 0 Å². The molecule has 1 atom stereocenters. The molecule has 0 fully saturated rings. The Balaban J connectivity index is 3.35. The summed E-state index contributed by atoms with van der Waals surface area (Å²) in [5, 5.41) is 3.01. The van der Waals surface area contributed by atoms with Crippen molar-refractivity contribution in [1.29, 1.82) is 0 Å². The van der Waals surface area contributed by atoms with E-state index in [9.17, 15) is 0 Å². The molecule has 0 rings (SSSR count). The van der Waals surface area contributed by atoms with Crippen molar-refractivity contribution in [2.75, 3.05) is 7.05 Å². The van der Waals surface area contributed by atoms with Crippen LogP contribution < -0.4 is 5.32 Å². The largest absolute Gasteiger partial charge is 0.313 e. The zero-order valence-corrected chi connectivity index (χ0v) is 4.86. The summed E-state index contributed by atoms with van der Waals surface area (Å²) in [4.78, 5) is 0. The first kappa shape index (κ1) is 6.48. The van der Waals surface area contributed by atoms with E-state index in [-0.39, 0.29) is 0 Å². The molecule has 1 N–H and O–H groups in total. The van der Waals surface area contributed by atoms with Gasteiger partial charge in [0.25, 0.3) is 0 Å². The molecule has 0 heterocycles. The summed E-state index contributed by atoms with van der Waals surface area (Å²) >= 11 is 0. The van der Waals surface area contributed by atoms with Crippen molar-refractivity contribution in [3.05, 3.63) is 18.4 Å². The van der Waals surface area contributed by atoms with Gasteiger partial charge in [0.2, 0.25) is 0 Å². The highest BCUT2D eigenvalue weighted by Crippen LogP contribution is 1.76. The van der Waals surface area contributed by atoms with Crippen molar-refractivity contribution in [2.45, 2.75) is 13.0 Å². The maximum absolute atomic E-state index is 3.43. The highest BCUT2D eigenvalue weighted by Gasteiger charge is 1.83. The highest BCUT2D eigenvalue weighted by atomic mass is 14.8. The second kappa shape index (κ2) is 3.66. The van der Waals surface area contributed by atoms with Gasteiger partial charge in [-0.15, -0.1) is 5.73 Å². The average molecular weight is 97.2 g/mol. The minimum atomic E-state index is 0.400. The zero-order chi connectivity index (χ0) is 5.70. The third-order valence-corrected chi connectivity index (χ3v) is 0.823. The van der Waals surface area contributed by atoms with E-state index >= 15 is 0 Å². The van der Waals surface area contributed by atoms with Crippen molar-refractivity contribution < 1.29 is 0 Å². The molecule has 0 aliphatic carbocycles. The van der Waals surface area contributed by atoms with Gasteiger partial charge < -0.3 is 5.32 Å². The minimum Gasteiger partial charge on any atom is -0.313 e. The van der Waals surface area contributed by atoms with Crippen molar-refractivity contribution in [1.82, 2.24) is 5.32 Å². The standard InChI is InChI=1S/C6H11N/c1-4-5-6(2)7-3/h5-7H,1H2,2-3H3. The lowest BCUT2D eigenvalue weighted by Crippen LogP contribution is -2.17. The van der Waals surface area contributed by atoms with Crippen molar-refractivity contribution in [2.24, 2.45) is 0 Å². The van der Waals surface area contributed by atoms with Gasteiger partial charge >= 0.3 is 0 Å². The summed E-state index contributed by atoms with van der Waals surface area (Å²) in [6.07, 6.45) is 1.88. The average Bonchev–Trinajstić information content (AvgIpc) is 1.68. The van der Waals surface area contributed by atoms with E-state index in [4.69, 9.17) is 0 Å². The lowest BCUT2D eigenvalue weighted by atomic mass is 10.3. The topological polar surface area (TPSA) is 12.0 Å². The van der Waals surface area contributed by atoms with Crippen LogP contribution in [-0.2, 0) is 0 Å². The fourth-order valence-electron chi connectivity index (χ4n) is 0.260. The number of hydrogen-bond donors (Lipinski definition) is 1. The van der Waals surface area contributed by atoms with Crippen LogP contribution in [0.15, 0.2) is 18.4 Å². The summed E-state index contributed by atoms with van der Waals surface area (Å²) in [6.45, 7) is 5.47. The van der Waals surface area contributed by atoms with Gasteiger partial charge in [0, 0.05) is 6.04 Å². The van der Waals surface area contributed by atoms with Crippen LogP contribution in [0.5, 0.6) is 0 Å². The van der Waals surface area contributed by atoms with Crippen LogP contribution >= 0.6 is 0 Å². The van der Waals surface area contributed by atoms with Gasteiger partial charge in [-0.05, 0) is 20.0 Å². The second-order valence-electron chi connectivity index (χ2n) is 1.45. The van der Waals surface area contributed by atoms with Gasteiger partial charge in [-0.25, -0.2) is 0 Å². The van der Waals surface area contributed by atoms with E-state index in [1.165, 1.54) is 0 Å². The molecule has 0 aliphatic heterocycles. The monoisotopic (exact) mass is 97.1 g/mol. The number of nitrogens with one attached hydrogen (secondary N) is 1. The molecular formula is C6H11N. The van der Waals surface area contributed by atoms with Crippen molar-refractivity contribution in [3.63, 3.8) is 0 Å². The van der Waals surface area contributed by atoms with Gasteiger partial charge in [-0.3, -0.25) is 0 Å². The number of rotatable bonds is 2. The summed E-state index contributed by atoms with van der Waals surface area (Å²) in [5.74, 6) is 0. The molecule has 7 heavy (non-hydrogen) atoms. The molecule has 0 aromatic carbocycles. The fraction of sp³-hybridized carbons (Fsp3) is 0.500. The van der Waals surface area contributed by atoms with Crippen LogP contribution in [-0.4, -0.2) is 13.1 Å². The van der Waals surface area contributed by atoms with E-state index in [1.54, 1.807) is 0 Å². The maximum atomic E-state index is 3.43. The van der Waals surface area contributed by atoms with Crippen molar-refractivity contribution >= 4 is 0 Å². The van der Waals surface area contributed by atoms with E-state index in [0.717, 1.165) is 0 Å². The molecule has 0 radical (unpaired) electrons. The van der Waals surface area contributed by atoms with Crippen molar-refractivity contribution in [3.8, 4) is 0 Å². The lowest BCUT2D eigenvalue weighted by Gasteiger charge is -1.97. The molecule has 0 aromatic heterocycles. The van der Waals surface area contributed by atoms with E-state index in [0.29, 0.717) is 6.04 Å². The molecule has 0 aliphatic rings. The zero-order valence-electron chi connectivity index (χ0n) is 4.86. The Labute approximate surface area is 44.7 Å². The first-order valence-corrected chi connectivity index (χ1v) is 2.34. The third kappa shape index (κ3) is 3.31. The predicted molar refractivity (Wildman–Crippen MR) is 32.2 cm³/mol. The normalized spacial score (nSPS) is 12.3. The molecule has 0 aromatic rings. The van der Waals surface area contributed by atoms with Crippen LogP contribution in [0.1, 0.15) is 6.92 Å². The Bertz CT molecular complexity index is 80.2. The first-order valence-electron chi connectivity index (χ1n) is 2.34. The molecule has 0 saturated heterocycles. The molecule has 1 heteroatoms. The summed E-state index contributed by atoms with van der Waals surface area (Å²) in [6, 6.07) is 0.400. The second-order valence-corrected chi connectivity index (χ2v) is 1.45. The fourth-order valence-corrected chi connectivity index (χ4v) is 0.260. The molecule has 40 valence electrons. The van der Waals surface area contributed by atoms with Gasteiger partial charge in [0.05, 0.1) is 0 Å². The van der Waals surface area contributed by atoms with Crippen LogP contribution in [0, 0.1) is 0 Å². The lowest BCUT2D eigenvalue weighted by molar-refractivity contribution is 0.730. The molecule has 0 spiro atoms. The Kier molecular flexibility index (Phi) is 3.39. The minimum absolute atomic E-state index is 0.400. The highest BCUT2D eigenvalue weighted by molar-refractivity contribution is 4.85. The molecule has 0 bridgehead atoms. The molecular weight excluding hydrogens is 86.1 g/mol. The number of hydrogen-bond acceptors (Lipinski definition) is 1. The summed E-state index contributed by atoms with van der Waals surface area (Å²) in [7, 11) is 1.90. The Morgan fingerprint density at radius 1 is 1.86 bits per heavy atom. The summed E-state index contributed by atoms with van der Waals surface area (Å²) < 4.78 is 0. The smallest absolute Gasteiger partial charge is 0.0293 e.